The van der Waals surface area contributed by atoms with Crippen molar-refractivity contribution in [2.24, 2.45) is 0 Å². The summed E-state index contributed by atoms with van der Waals surface area (Å²) >= 11 is 0. The van der Waals surface area contributed by atoms with Gasteiger partial charge < -0.3 is 5.32 Å². The molecule has 0 unspecified atom stereocenters. The third-order valence-corrected chi connectivity index (χ3v) is 1.79. The maximum atomic E-state index is 13.0. The first-order valence-corrected chi connectivity index (χ1v) is 4.45. The van der Waals surface area contributed by atoms with E-state index in [0.717, 1.165) is 0 Å². The van der Waals surface area contributed by atoms with E-state index >= 15 is 0 Å². The number of rotatable bonds is 3. The van der Waals surface area contributed by atoms with Gasteiger partial charge in [0.15, 0.2) is 0 Å². The van der Waals surface area contributed by atoms with Gasteiger partial charge in [-0.15, -0.1) is 0 Å². The molecule has 2 nitrogen and oxygen atoms in total. The molecule has 0 atom stereocenters. The van der Waals surface area contributed by atoms with Crippen LogP contribution in [0, 0.1) is 5.82 Å². The molecule has 0 spiro atoms. The molecule has 0 fully saturated rings. The standard InChI is InChI=1S/C10H9F4NO/c11-8-4-2-1-3-7(8)6-15-9(16)5-10(12,13)14/h1-4H,5-6H2,(H,15,16). The number of alkyl halides is 3. The minimum atomic E-state index is -4.54. The van der Waals surface area contributed by atoms with Gasteiger partial charge in [-0.3, -0.25) is 4.79 Å². The summed E-state index contributed by atoms with van der Waals surface area (Å²) < 4.78 is 48.3. The molecule has 0 radical (unpaired) electrons. The van der Waals surface area contributed by atoms with Gasteiger partial charge in [0.1, 0.15) is 12.2 Å². The van der Waals surface area contributed by atoms with Crippen LogP contribution in [-0.4, -0.2) is 12.1 Å². The number of hydrogen-bond donors (Lipinski definition) is 1. The molecule has 88 valence electrons. The van der Waals surface area contributed by atoms with Crippen molar-refractivity contribution in [1.82, 2.24) is 5.32 Å². The fourth-order valence-corrected chi connectivity index (χ4v) is 1.08. The summed E-state index contributed by atoms with van der Waals surface area (Å²) in [5.74, 6) is -1.73. The van der Waals surface area contributed by atoms with Crippen molar-refractivity contribution in [3.8, 4) is 0 Å². The highest BCUT2D eigenvalue weighted by molar-refractivity contribution is 5.76. The van der Waals surface area contributed by atoms with Crippen LogP contribution in [0.15, 0.2) is 24.3 Å². The summed E-state index contributed by atoms with van der Waals surface area (Å²) in [6.45, 7) is -0.248. The number of halogens is 4. The van der Waals surface area contributed by atoms with Crippen molar-refractivity contribution in [2.45, 2.75) is 19.1 Å². The lowest BCUT2D eigenvalue weighted by Crippen LogP contribution is -2.28. The molecule has 0 bridgehead atoms. The SMILES string of the molecule is O=C(CC(F)(F)F)NCc1ccccc1F. The van der Waals surface area contributed by atoms with E-state index in [4.69, 9.17) is 0 Å². The van der Waals surface area contributed by atoms with Crippen LogP contribution in [0.3, 0.4) is 0 Å². The maximum absolute atomic E-state index is 13.0. The van der Waals surface area contributed by atoms with Crippen molar-refractivity contribution in [3.05, 3.63) is 35.6 Å². The Morgan fingerprint density at radius 3 is 2.44 bits per heavy atom. The van der Waals surface area contributed by atoms with Crippen molar-refractivity contribution >= 4 is 5.91 Å². The average Bonchev–Trinajstić information content (AvgIpc) is 2.14. The third-order valence-electron chi connectivity index (χ3n) is 1.79. The molecule has 0 aliphatic rings. The van der Waals surface area contributed by atoms with Crippen LogP contribution in [0.25, 0.3) is 0 Å². The van der Waals surface area contributed by atoms with Gasteiger partial charge in [0.25, 0.3) is 0 Å². The summed E-state index contributed by atoms with van der Waals surface area (Å²) in [7, 11) is 0. The van der Waals surface area contributed by atoms with Gasteiger partial charge in [-0.2, -0.15) is 13.2 Å². The number of carbonyl (C=O) groups is 1. The molecular formula is C10H9F4NO. The lowest BCUT2D eigenvalue weighted by atomic mass is 10.2. The predicted molar refractivity (Wildman–Crippen MR) is 48.9 cm³/mol. The molecule has 6 heteroatoms. The lowest BCUT2D eigenvalue weighted by molar-refractivity contribution is -0.153. The maximum Gasteiger partial charge on any atom is 0.397 e. The first-order chi connectivity index (χ1) is 7.38. The van der Waals surface area contributed by atoms with Crippen LogP contribution in [0.1, 0.15) is 12.0 Å². The van der Waals surface area contributed by atoms with Crippen LogP contribution in [0.4, 0.5) is 17.6 Å². The van der Waals surface area contributed by atoms with Crippen molar-refractivity contribution < 1.29 is 22.4 Å². The topological polar surface area (TPSA) is 29.1 Å². The Morgan fingerprint density at radius 2 is 1.88 bits per heavy atom. The first-order valence-electron chi connectivity index (χ1n) is 4.45. The number of amides is 1. The quantitative estimate of drug-likeness (QED) is 0.801. The lowest BCUT2D eigenvalue weighted by Gasteiger charge is -2.08. The molecule has 0 saturated carbocycles. The summed E-state index contributed by atoms with van der Waals surface area (Å²) in [6.07, 6.45) is -6.10. The fraction of sp³-hybridized carbons (Fsp3) is 0.300. The first kappa shape index (κ1) is 12.5. The average molecular weight is 235 g/mol. The molecular weight excluding hydrogens is 226 g/mol. The highest BCUT2D eigenvalue weighted by Crippen LogP contribution is 2.19. The Kier molecular flexibility index (Phi) is 3.87. The van der Waals surface area contributed by atoms with Gasteiger partial charge >= 0.3 is 6.18 Å². The third kappa shape index (κ3) is 4.29. The molecule has 1 rings (SSSR count). The molecule has 0 heterocycles. The number of nitrogens with one attached hydrogen (secondary N) is 1. The second-order valence-corrected chi connectivity index (χ2v) is 3.16. The van der Waals surface area contributed by atoms with Crippen LogP contribution < -0.4 is 5.32 Å². The molecule has 0 aliphatic heterocycles. The van der Waals surface area contributed by atoms with E-state index in [2.05, 4.69) is 0 Å². The smallest absolute Gasteiger partial charge is 0.352 e. The molecule has 16 heavy (non-hydrogen) atoms. The summed E-state index contributed by atoms with van der Waals surface area (Å²) in [5.41, 5.74) is 0.151. The van der Waals surface area contributed by atoms with Gasteiger partial charge in [0.05, 0.1) is 0 Å². The Morgan fingerprint density at radius 1 is 1.25 bits per heavy atom. The number of hydrogen-bond acceptors (Lipinski definition) is 1. The van der Waals surface area contributed by atoms with Gasteiger partial charge in [-0.1, -0.05) is 18.2 Å². The van der Waals surface area contributed by atoms with Gasteiger partial charge in [-0.05, 0) is 6.07 Å². The Hall–Kier alpha value is -1.59. The Labute approximate surface area is 89.3 Å². The van der Waals surface area contributed by atoms with Crippen LogP contribution in [0.2, 0.25) is 0 Å². The molecule has 1 aromatic rings. The normalized spacial score (nSPS) is 11.2. The predicted octanol–water partition coefficient (Wildman–Crippen LogP) is 2.39. The molecule has 1 amide bonds. The number of carbonyl (C=O) groups excluding carboxylic acids is 1. The van der Waals surface area contributed by atoms with Gasteiger partial charge in [0.2, 0.25) is 5.91 Å². The zero-order valence-electron chi connectivity index (χ0n) is 8.14. The highest BCUT2D eigenvalue weighted by Gasteiger charge is 2.30. The van der Waals surface area contributed by atoms with E-state index in [1.807, 2.05) is 5.32 Å². The van der Waals surface area contributed by atoms with Crippen LogP contribution in [-0.2, 0) is 11.3 Å². The van der Waals surface area contributed by atoms with E-state index in [1.54, 1.807) is 0 Å². The minimum Gasteiger partial charge on any atom is -0.352 e. The zero-order chi connectivity index (χ0) is 12.2. The summed E-state index contributed by atoms with van der Waals surface area (Å²) in [4.78, 5) is 10.8. The summed E-state index contributed by atoms with van der Waals surface area (Å²) in [6, 6.07) is 5.55. The van der Waals surface area contributed by atoms with E-state index in [1.165, 1.54) is 24.3 Å². The van der Waals surface area contributed by atoms with Gasteiger partial charge in [0, 0.05) is 12.1 Å². The number of benzene rings is 1. The molecule has 0 saturated heterocycles. The highest BCUT2D eigenvalue weighted by atomic mass is 19.4. The molecule has 1 aromatic carbocycles. The minimum absolute atomic E-state index is 0.151. The largest absolute Gasteiger partial charge is 0.397 e. The van der Waals surface area contributed by atoms with E-state index < -0.39 is 24.3 Å². The Balaban J connectivity index is 2.47. The van der Waals surface area contributed by atoms with Gasteiger partial charge in [-0.25, -0.2) is 4.39 Å². The molecule has 1 N–H and O–H groups in total. The zero-order valence-corrected chi connectivity index (χ0v) is 8.14. The van der Waals surface area contributed by atoms with Crippen molar-refractivity contribution in [2.75, 3.05) is 0 Å². The Bertz CT molecular complexity index is 375. The molecule has 0 aromatic heterocycles. The van der Waals surface area contributed by atoms with Crippen LogP contribution >= 0.6 is 0 Å². The second kappa shape index (κ2) is 4.96. The van der Waals surface area contributed by atoms with E-state index in [0.29, 0.717) is 0 Å². The van der Waals surface area contributed by atoms with E-state index in [-0.39, 0.29) is 12.1 Å². The summed E-state index contributed by atoms with van der Waals surface area (Å²) in [5, 5.41) is 2.00. The second-order valence-electron chi connectivity index (χ2n) is 3.16. The van der Waals surface area contributed by atoms with Crippen LogP contribution in [0.5, 0.6) is 0 Å². The van der Waals surface area contributed by atoms with Crippen molar-refractivity contribution in [1.29, 1.82) is 0 Å². The molecule has 0 aliphatic carbocycles. The monoisotopic (exact) mass is 235 g/mol. The van der Waals surface area contributed by atoms with Crippen molar-refractivity contribution in [3.63, 3.8) is 0 Å². The van der Waals surface area contributed by atoms with E-state index in [9.17, 15) is 22.4 Å². The fourth-order valence-electron chi connectivity index (χ4n) is 1.08.